The van der Waals surface area contributed by atoms with Crippen LogP contribution in [-0.2, 0) is 4.84 Å². The summed E-state index contributed by atoms with van der Waals surface area (Å²) in [6.07, 6.45) is 2.71. The molecule has 2 fully saturated rings. The van der Waals surface area contributed by atoms with Crippen molar-refractivity contribution in [2.75, 3.05) is 6.54 Å². The summed E-state index contributed by atoms with van der Waals surface area (Å²) in [5.74, 6) is 2.10. The van der Waals surface area contributed by atoms with Gasteiger partial charge in [0, 0.05) is 5.92 Å². The van der Waals surface area contributed by atoms with Crippen molar-refractivity contribution < 1.29 is 4.84 Å². The highest BCUT2D eigenvalue weighted by atomic mass is 16.7. The van der Waals surface area contributed by atoms with Crippen molar-refractivity contribution in [3.05, 3.63) is 11.3 Å². The van der Waals surface area contributed by atoms with Crippen LogP contribution < -0.4 is 0 Å². The molecule has 2 heterocycles. The third-order valence-electron chi connectivity index (χ3n) is 2.62. The Hall–Kier alpha value is -0.500. The van der Waals surface area contributed by atoms with Gasteiger partial charge in [-0.15, -0.1) is 5.06 Å². The van der Waals surface area contributed by atoms with Gasteiger partial charge in [0.1, 0.15) is 5.76 Å². The van der Waals surface area contributed by atoms with Gasteiger partial charge in [-0.2, -0.15) is 0 Å². The molecule has 2 aliphatic heterocycles. The van der Waals surface area contributed by atoms with E-state index >= 15 is 0 Å². The molecule has 0 radical (unpaired) electrons. The highest BCUT2D eigenvalue weighted by Gasteiger charge is 2.49. The van der Waals surface area contributed by atoms with Gasteiger partial charge in [0.05, 0.1) is 12.6 Å². The second-order valence-corrected chi connectivity index (χ2v) is 3.53. The summed E-state index contributed by atoms with van der Waals surface area (Å²) >= 11 is 0. The SMILES string of the molecule is CC1=C(C2CC2)ON2CC12. The minimum Gasteiger partial charge on any atom is -0.409 e. The molecular weight excluding hydrogens is 126 g/mol. The topological polar surface area (TPSA) is 12.2 Å². The van der Waals surface area contributed by atoms with Crippen molar-refractivity contribution in [3.63, 3.8) is 0 Å². The Morgan fingerprint density at radius 3 is 2.80 bits per heavy atom. The number of nitrogens with zero attached hydrogens (tertiary/aromatic N) is 1. The van der Waals surface area contributed by atoms with Gasteiger partial charge in [-0.05, 0) is 25.3 Å². The van der Waals surface area contributed by atoms with Crippen molar-refractivity contribution in [1.82, 2.24) is 5.06 Å². The molecule has 3 rings (SSSR count). The number of allylic oxidation sites excluding steroid dienone is 1. The molecule has 1 saturated carbocycles. The number of hydroxylamine groups is 2. The molecule has 0 amide bonds. The quantitative estimate of drug-likeness (QED) is 0.505. The van der Waals surface area contributed by atoms with E-state index in [1.54, 1.807) is 0 Å². The molecule has 0 N–H and O–H groups in total. The van der Waals surface area contributed by atoms with Gasteiger partial charge in [0.15, 0.2) is 0 Å². The Kier molecular flexibility index (Phi) is 0.725. The minimum atomic E-state index is 0.676. The van der Waals surface area contributed by atoms with Crippen molar-refractivity contribution in [3.8, 4) is 0 Å². The summed E-state index contributed by atoms with van der Waals surface area (Å²) in [5, 5.41) is 2.07. The highest BCUT2D eigenvalue weighted by Crippen LogP contribution is 2.47. The van der Waals surface area contributed by atoms with Crippen LogP contribution in [-0.4, -0.2) is 17.6 Å². The van der Waals surface area contributed by atoms with E-state index in [1.807, 2.05) is 0 Å². The van der Waals surface area contributed by atoms with E-state index < -0.39 is 0 Å². The Labute approximate surface area is 60.4 Å². The molecule has 2 unspecified atom stereocenters. The van der Waals surface area contributed by atoms with Gasteiger partial charge in [-0.3, -0.25) is 0 Å². The first-order valence-electron chi connectivity index (χ1n) is 4.01. The summed E-state index contributed by atoms with van der Waals surface area (Å²) in [6.45, 7) is 3.35. The van der Waals surface area contributed by atoms with Gasteiger partial charge < -0.3 is 4.84 Å². The average Bonchev–Trinajstić information content (AvgIpc) is 2.80. The largest absolute Gasteiger partial charge is 0.409 e. The Morgan fingerprint density at radius 1 is 1.50 bits per heavy atom. The summed E-state index contributed by atoms with van der Waals surface area (Å²) in [5.41, 5.74) is 1.50. The molecule has 2 heteroatoms. The monoisotopic (exact) mass is 137 g/mol. The Morgan fingerprint density at radius 2 is 2.30 bits per heavy atom. The fourth-order valence-electron chi connectivity index (χ4n) is 1.68. The first kappa shape index (κ1) is 5.19. The van der Waals surface area contributed by atoms with Gasteiger partial charge >= 0.3 is 0 Å². The lowest BCUT2D eigenvalue weighted by Crippen LogP contribution is -1.96. The van der Waals surface area contributed by atoms with Crippen LogP contribution in [0.1, 0.15) is 19.8 Å². The minimum absolute atomic E-state index is 0.676. The number of hydrogen-bond acceptors (Lipinski definition) is 2. The maximum absolute atomic E-state index is 5.58. The molecule has 2 nitrogen and oxygen atoms in total. The molecule has 54 valence electrons. The van der Waals surface area contributed by atoms with E-state index in [2.05, 4.69) is 12.0 Å². The summed E-state index contributed by atoms with van der Waals surface area (Å²) in [7, 11) is 0. The molecule has 0 aromatic rings. The molecule has 0 bridgehead atoms. The molecule has 0 aromatic heterocycles. The molecule has 2 atom stereocenters. The fraction of sp³-hybridized carbons (Fsp3) is 0.750. The van der Waals surface area contributed by atoms with Crippen LogP contribution in [0.4, 0.5) is 0 Å². The first-order chi connectivity index (χ1) is 4.86. The molecule has 1 aliphatic carbocycles. The zero-order valence-corrected chi connectivity index (χ0v) is 6.13. The van der Waals surface area contributed by atoms with Crippen molar-refractivity contribution in [2.45, 2.75) is 25.8 Å². The average molecular weight is 137 g/mol. The van der Waals surface area contributed by atoms with Gasteiger partial charge in [0.2, 0.25) is 0 Å². The molecule has 0 spiro atoms. The summed E-state index contributed by atoms with van der Waals surface area (Å²) in [6, 6.07) is 0.676. The van der Waals surface area contributed by atoms with Crippen LogP contribution in [0.3, 0.4) is 0 Å². The lowest BCUT2D eigenvalue weighted by Gasteiger charge is -2.03. The van der Waals surface area contributed by atoms with Crippen LogP contribution in [0.25, 0.3) is 0 Å². The second kappa shape index (κ2) is 1.40. The van der Waals surface area contributed by atoms with Crippen LogP contribution in [0, 0.1) is 5.92 Å². The zero-order chi connectivity index (χ0) is 6.72. The molecule has 10 heavy (non-hydrogen) atoms. The lowest BCUT2D eigenvalue weighted by atomic mass is 10.1. The number of rotatable bonds is 1. The van der Waals surface area contributed by atoms with Crippen molar-refractivity contribution in [2.24, 2.45) is 5.92 Å². The van der Waals surface area contributed by atoms with Crippen LogP contribution in [0.15, 0.2) is 11.3 Å². The van der Waals surface area contributed by atoms with E-state index in [9.17, 15) is 0 Å². The summed E-state index contributed by atoms with van der Waals surface area (Å²) in [4.78, 5) is 5.58. The van der Waals surface area contributed by atoms with E-state index in [1.165, 1.54) is 24.2 Å². The number of fused-ring (bicyclic) bond motifs is 1. The molecule has 3 aliphatic rings. The van der Waals surface area contributed by atoms with Gasteiger partial charge in [-0.25, -0.2) is 0 Å². The fourth-order valence-corrected chi connectivity index (χ4v) is 1.68. The van der Waals surface area contributed by atoms with E-state index in [4.69, 9.17) is 4.84 Å². The van der Waals surface area contributed by atoms with Crippen molar-refractivity contribution >= 4 is 0 Å². The van der Waals surface area contributed by atoms with Gasteiger partial charge in [-0.1, -0.05) is 0 Å². The van der Waals surface area contributed by atoms with Crippen LogP contribution >= 0.6 is 0 Å². The zero-order valence-electron chi connectivity index (χ0n) is 6.13. The molecule has 0 aromatic carbocycles. The van der Waals surface area contributed by atoms with Crippen LogP contribution in [0.2, 0.25) is 0 Å². The highest BCUT2D eigenvalue weighted by molar-refractivity contribution is 5.27. The van der Waals surface area contributed by atoms with E-state index in [0.29, 0.717) is 6.04 Å². The second-order valence-electron chi connectivity index (χ2n) is 3.53. The first-order valence-corrected chi connectivity index (χ1v) is 4.01. The molecule has 1 saturated heterocycles. The summed E-state index contributed by atoms with van der Waals surface area (Å²) < 4.78 is 0. The maximum Gasteiger partial charge on any atom is 0.128 e. The third kappa shape index (κ3) is 0.528. The predicted octanol–water partition coefficient (Wildman–Crippen LogP) is 1.30. The standard InChI is InChI=1S/C8H11NO/c1-5-7-4-9(7)10-8(5)6-2-3-6/h6-7H,2-4H2,1H3. The van der Waals surface area contributed by atoms with Crippen molar-refractivity contribution in [1.29, 1.82) is 0 Å². The third-order valence-corrected chi connectivity index (χ3v) is 2.62. The normalized spacial score (nSPS) is 43.3. The number of hydrogen-bond donors (Lipinski definition) is 0. The smallest absolute Gasteiger partial charge is 0.128 e. The molecular formula is C8H11NO. The van der Waals surface area contributed by atoms with E-state index in [-0.39, 0.29) is 0 Å². The Bertz CT molecular complexity index is 217. The maximum atomic E-state index is 5.58. The van der Waals surface area contributed by atoms with Crippen LogP contribution in [0.5, 0.6) is 0 Å². The van der Waals surface area contributed by atoms with Gasteiger partial charge in [0.25, 0.3) is 0 Å². The van der Waals surface area contributed by atoms with E-state index in [0.717, 1.165) is 12.5 Å². The lowest BCUT2D eigenvalue weighted by molar-refractivity contribution is -0.00925. The predicted molar refractivity (Wildman–Crippen MR) is 37.0 cm³/mol. The Balaban J connectivity index is 1.93.